The van der Waals surface area contributed by atoms with Crippen molar-refractivity contribution in [2.24, 2.45) is 0 Å². The van der Waals surface area contributed by atoms with Gasteiger partial charge in [-0.25, -0.2) is 9.38 Å². The zero-order valence-electron chi connectivity index (χ0n) is 7.27. The van der Waals surface area contributed by atoms with Crippen molar-refractivity contribution in [2.75, 3.05) is 0 Å². The Morgan fingerprint density at radius 2 is 2.07 bits per heavy atom. The molecular formula is C10H7N3O. The van der Waals surface area contributed by atoms with Crippen LogP contribution in [0.15, 0.2) is 41.3 Å². The van der Waals surface area contributed by atoms with E-state index in [1.165, 1.54) is 12.3 Å². The van der Waals surface area contributed by atoms with Crippen molar-refractivity contribution in [1.82, 2.24) is 14.4 Å². The molecule has 1 aromatic carbocycles. The fourth-order valence-corrected chi connectivity index (χ4v) is 1.62. The SMILES string of the molecule is O=c1ccnc2[nH]c3ccccc3n12. The van der Waals surface area contributed by atoms with Gasteiger partial charge in [0.15, 0.2) is 0 Å². The molecule has 1 N–H and O–H groups in total. The first-order valence-electron chi connectivity index (χ1n) is 4.31. The van der Waals surface area contributed by atoms with Crippen molar-refractivity contribution in [2.45, 2.75) is 0 Å². The van der Waals surface area contributed by atoms with Gasteiger partial charge in [0.25, 0.3) is 5.56 Å². The summed E-state index contributed by atoms with van der Waals surface area (Å²) in [4.78, 5) is 18.7. The van der Waals surface area contributed by atoms with Crippen LogP contribution in [0.2, 0.25) is 0 Å². The quantitative estimate of drug-likeness (QED) is 0.571. The number of fused-ring (bicyclic) bond motifs is 3. The van der Waals surface area contributed by atoms with Gasteiger partial charge in [-0.1, -0.05) is 12.1 Å². The molecule has 0 radical (unpaired) electrons. The number of imidazole rings is 1. The van der Waals surface area contributed by atoms with Crippen LogP contribution < -0.4 is 5.56 Å². The molecule has 0 aliphatic heterocycles. The van der Waals surface area contributed by atoms with Crippen molar-refractivity contribution in [3.05, 3.63) is 46.9 Å². The van der Waals surface area contributed by atoms with Crippen molar-refractivity contribution in [3.8, 4) is 0 Å². The van der Waals surface area contributed by atoms with Crippen molar-refractivity contribution < 1.29 is 0 Å². The largest absolute Gasteiger partial charge is 0.323 e. The molecule has 0 atom stereocenters. The van der Waals surface area contributed by atoms with E-state index in [4.69, 9.17) is 0 Å². The molecule has 2 heterocycles. The molecule has 2 aromatic heterocycles. The van der Waals surface area contributed by atoms with Crippen LogP contribution in [0.4, 0.5) is 0 Å². The minimum atomic E-state index is -0.0625. The molecule has 0 saturated heterocycles. The van der Waals surface area contributed by atoms with Crippen LogP contribution in [0.5, 0.6) is 0 Å². The fourth-order valence-electron chi connectivity index (χ4n) is 1.62. The maximum absolute atomic E-state index is 11.6. The van der Waals surface area contributed by atoms with Gasteiger partial charge in [0.05, 0.1) is 11.0 Å². The van der Waals surface area contributed by atoms with Gasteiger partial charge >= 0.3 is 0 Å². The molecule has 3 rings (SSSR count). The monoisotopic (exact) mass is 185 g/mol. The molecule has 0 saturated carbocycles. The van der Waals surface area contributed by atoms with Crippen LogP contribution in [0.25, 0.3) is 16.8 Å². The van der Waals surface area contributed by atoms with Crippen LogP contribution in [0, 0.1) is 0 Å². The number of para-hydroxylation sites is 2. The predicted octanol–water partition coefficient (Wildman–Crippen LogP) is 1.18. The third-order valence-electron chi connectivity index (χ3n) is 2.24. The number of hydrogen-bond donors (Lipinski definition) is 1. The zero-order valence-corrected chi connectivity index (χ0v) is 7.27. The Morgan fingerprint density at radius 3 is 3.00 bits per heavy atom. The normalized spacial score (nSPS) is 11.1. The van der Waals surface area contributed by atoms with Gasteiger partial charge in [0, 0.05) is 12.3 Å². The topological polar surface area (TPSA) is 50.2 Å². The summed E-state index contributed by atoms with van der Waals surface area (Å²) in [5.41, 5.74) is 1.72. The lowest BCUT2D eigenvalue weighted by molar-refractivity contribution is 1.08. The van der Waals surface area contributed by atoms with Gasteiger partial charge in [-0.15, -0.1) is 0 Å². The second-order valence-electron chi connectivity index (χ2n) is 3.08. The van der Waals surface area contributed by atoms with Gasteiger partial charge in [-0.3, -0.25) is 4.79 Å². The minimum Gasteiger partial charge on any atom is -0.323 e. The maximum atomic E-state index is 11.6. The number of benzene rings is 1. The molecule has 0 unspecified atom stereocenters. The Balaban J connectivity index is 2.73. The number of aromatic amines is 1. The molecule has 14 heavy (non-hydrogen) atoms. The lowest BCUT2D eigenvalue weighted by Gasteiger charge is -1.90. The van der Waals surface area contributed by atoms with Gasteiger partial charge in [-0.05, 0) is 12.1 Å². The molecular weight excluding hydrogens is 178 g/mol. The number of hydrogen-bond acceptors (Lipinski definition) is 2. The predicted molar refractivity (Wildman–Crippen MR) is 53.3 cm³/mol. The number of rotatable bonds is 0. The molecule has 68 valence electrons. The summed E-state index contributed by atoms with van der Waals surface area (Å²) < 4.78 is 1.56. The van der Waals surface area contributed by atoms with E-state index in [0.717, 1.165) is 11.0 Å². The van der Waals surface area contributed by atoms with Crippen LogP contribution in [0.1, 0.15) is 0 Å². The average Bonchev–Trinajstić information content (AvgIpc) is 2.57. The van der Waals surface area contributed by atoms with Crippen molar-refractivity contribution >= 4 is 16.8 Å². The molecule has 4 nitrogen and oxygen atoms in total. The van der Waals surface area contributed by atoms with E-state index in [2.05, 4.69) is 9.97 Å². The van der Waals surface area contributed by atoms with Crippen LogP contribution in [-0.4, -0.2) is 14.4 Å². The van der Waals surface area contributed by atoms with Gasteiger partial charge in [-0.2, -0.15) is 0 Å². The third-order valence-corrected chi connectivity index (χ3v) is 2.24. The summed E-state index contributed by atoms with van der Waals surface area (Å²) >= 11 is 0. The van der Waals surface area contributed by atoms with Gasteiger partial charge in [0.1, 0.15) is 0 Å². The van der Waals surface area contributed by atoms with Gasteiger partial charge < -0.3 is 4.98 Å². The Bertz CT molecular complexity index is 665. The van der Waals surface area contributed by atoms with Crippen molar-refractivity contribution in [1.29, 1.82) is 0 Å². The first-order valence-corrected chi connectivity index (χ1v) is 4.31. The summed E-state index contributed by atoms with van der Waals surface area (Å²) in [6, 6.07) is 9.08. The summed E-state index contributed by atoms with van der Waals surface area (Å²) in [6.45, 7) is 0. The third kappa shape index (κ3) is 0.821. The van der Waals surface area contributed by atoms with E-state index < -0.39 is 0 Å². The standard InChI is InChI=1S/C10H7N3O/c14-9-5-6-11-10-12-7-3-1-2-4-8(7)13(9)10/h1-6H,(H,11,12). The smallest absolute Gasteiger partial charge is 0.259 e. The summed E-state index contributed by atoms with van der Waals surface area (Å²) in [7, 11) is 0. The van der Waals surface area contributed by atoms with Crippen molar-refractivity contribution in [3.63, 3.8) is 0 Å². The minimum absolute atomic E-state index is 0.0625. The molecule has 0 aliphatic rings. The molecule has 4 heteroatoms. The van der Waals surface area contributed by atoms with E-state index in [1.807, 2.05) is 24.3 Å². The Labute approximate surface area is 78.8 Å². The molecule has 0 fully saturated rings. The van der Waals surface area contributed by atoms with Crippen LogP contribution in [-0.2, 0) is 0 Å². The van der Waals surface area contributed by atoms with Gasteiger partial charge in [0.2, 0.25) is 5.78 Å². The number of nitrogens with one attached hydrogen (secondary N) is 1. The lowest BCUT2D eigenvalue weighted by atomic mass is 10.3. The Kier molecular flexibility index (Phi) is 1.28. The van der Waals surface area contributed by atoms with E-state index >= 15 is 0 Å². The summed E-state index contributed by atoms with van der Waals surface area (Å²) in [5, 5.41) is 0. The first-order chi connectivity index (χ1) is 6.86. The zero-order chi connectivity index (χ0) is 9.54. The Morgan fingerprint density at radius 1 is 1.21 bits per heavy atom. The summed E-state index contributed by atoms with van der Waals surface area (Å²) in [6.07, 6.45) is 1.51. The molecule has 0 spiro atoms. The lowest BCUT2D eigenvalue weighted by Crippen LogP contribution is -2.10. The molecule has 0 amide bonds. The number of aromatic nitrogens is 3. The van der Waals surface area contributed by atoms with E-state index in [0.29, 0.717) is 5.78 Å². The second-order valence-corrected chi connectivity index (χ2v) is 3.08. The Hall–Kier alpha value is -2.10. The highest BCUT2D eigenvalue weighted by atomic mass is 16.1. The second kappa shape index (κ2) is 2.45. The summed E-state index contributed by atoms with van der Waals surface area (Å²) in [5.74, 6) is 0.582. The highest BCUT2D eigenvalue weighted by molar-refractivity contribution is 5.79. The van der Waals surface area contributed by atoms with Crippen LogP contribution >= 0.6 is 0 Å². The number of nitrogens with zero attached hydrogens (tertiary/aromatic N) is 2. The molecule has 3 aromatic rings. The molecule has 0 aliphatic carbocycles. The average molecular weight is 185 g/mol. The van der Waals surface area contributed by atoms with E-state index in [9.17, 15) is 4.79 Å². The first kappa shape index (κ1) is 7.32. The van der Waals surface area contributed by atoms with E-state index in [-0.39, 0.29) is 5.56 Å². The fraction of sp³-hybridized carbons (Fsp3) is 0. The maximum Gasteiger partial charge on any atom is 0.259 e. The van der Waals surface area contributed by atoms with E-state index in [1.54, 1.807) is 4.40 Å². The molecule has 0 bridgehead atoms. The highest BCUT2D eigenvalue weighted by Crippen LogP contribution is 2.11. The number of H-pyrrole nitrogens is 1. The van der Waals surface area contributed by atoms with Crippen LogP contribution in [0.3, 0.4) is 0 Å². The highest BCUT2D eigenvalue weighted by Gasteiger charge is 2.03.